The summed E-state index contributed by atoms with van der Waals surface area (Å²) in [5.74, 6) is 7.23. The molecule has 0 aromatic rings. The number of nitrogens with two attached hydrogens (primary N) is 1. The van der Waals surface area contributed by atoms with E-state index in [0.29, 0.717) is 0 Å². The smallest absolute Gasteiger partial charge is 0.0154 e. The molecule has 2 atom stereocenters. The Morgan fingerprint density at radius 2 is 1.67 bits per heavy atom. The van der Waals surface area contributed by atoms with Gasteiger partial charge in [0, 0.05) is 13.1 Å². The molecule has 0 spiro atoms. The van der Waals surface area contributed by atoms with Gasteiger partial charge in [0.2, 0.25) is 0 Å². The van der Waals surface area contributed by atoms with E-state index in [1.165, 1.54) is 6.42 Å². The highest BCUT2D eigenvalue weighted by Gasteiger charge is 2.18. The monoisotopic (exact) mass is 128 g/mol. The van der Waals surface area contributed by atoms with Gasteiger partial charge in [0.25, 0.3) is 0 Å². The number of hydrogen-bond acceptors (Lipinski definition) is 2. The van der Waals surface area contributed by atoms with Crippen molar-refractivity contribution in [3.8, 4) is 0 Å². The Balaban J connectivity index is 2.34. The number of nitrogens with zero attached hydrogens (tertiary/aromatic N) is 1. The maximum atomic E-state index is 5.65. The summed E-state index contributed by atoms with van der Waals surface area (Å²) in [5.41, 5.74) is 0. The zero-order chi connectivity index (χ0) is 6.85. The van der Waals surface area contributed by atoms with E-state index >= 15 is 0 Å². The lowest BCUT2D eigenvalue weighted by atomic mass is 9.93. The molecule has 54 valence electrons. The van der Waals surface area contributed by atoms with Gasteiger partial charge in [-0.05, 0) is 18.3 Å². The van der Waals surface area contributed by atoms with Crippen LogP contribution in [0.15, 0.2) is 0 Å². The van der Waals surface area contributed by atoms with Crippen molar-refractivity contribution in [2.24, 2.45) is 17.7 Å². The Kier molecular flexibility index (Phi) is 2.09. The van der Waals surface area contributed by atoms with Crippen LogP contribution < -0.4 is 5.84 Å². The molecule has 1 aliphatic rings. The molecule has 1 rings (SSSR count). The lowest BCUT2D eigenvalue weighted by Gasteiger charge is -2.31. The van der Waals surface area contributed by atoms with Crippen LogP contribution in [0.2, 0.25) is 0 Å². The summed E-state index contributed by atoms with van der Waals surface area (Å²) in [5, 5.41) is 1.93. The molecule has 0 radical (unpaired) electrons. The minimum atomic E-state index is 0.791. The molecule has 2 N–H and O–H groups in total. The van der Waals surface area contributed by atoms with Crippen molar-refractivity contribution in [2.45, 2.75) is 20.3 Å². The van der Waals surface area contributed by atoms with E-state index in [-0.39, 0.29) is 0 Å². The highest BCUT2D eigenvalue weighted by Crippen LogP contribution is 2.17. The van der Waals surface area contributed by atoms with Gasteiger partial charge in [-0.25, -0.2) is 5.01 Å². The van der Waals surface area contributed by atoms with E-state index in [1.807, 2.05) is 5.01 Å². The van der Waals surface area contributed by atoms with E-state index in [2.05, 4.69) is 13.8 Å². The molecule has 1 saturated heterocycles. The van der Waals surface area contributed by atoms with Crippen LogP contribution in [-0.2, 0) is 0 Å². The maximum absolute atomic E-state index is 5.65. The van der Waals surface area contributed by atoms with Crippen LogP contribution in [0.5, 0.6) is 0 Å². The maximum Gasteiger partial charge on any atom is 0.0154 e. The normalized spacial score (nSPS) is 39.0. The first-order chi connectivity index (χ1) is 4.18. The fraction of sp³-hybridized carbons (Fsp3) is 1.00. The molecule has 0 aliphatic carbocycles. The van der Waals surface area contributed by atoms with Crippen molar-refractivity contribution >= 4 is 0 Å². The minimum absolute atomic E-state index is 0.791. The van der Waals surface area contributed by atoms with Crippen molar-refractivity contribution in [3.63, 3.8) is 0 Å². The van der Waals surface area contributed by atoms with Gasteiger partial charge < -0.3 is 0 Å². The third-order valence-corrected chi connectivity index (χ3v) is 1.90. The van der Waals surface area contributed by atoms with Crippen molar-refractivity contribution in [2.75, 3.05) is 13.1 Å². The predicted molar refractivity (Wildman–Crippen MR) is 38.7 cm³/mol. The van der Waals surface area contributed by atoms with Crippen LogP contribution in [0.1, 0.15) is 20.3 Å². The van der Waals surface area contributed by atoms with Crippen molar-refractivity contribution < 1.29 is 0 Å². The third kappa shape index (κ3) is 1.95. The lowest BCUT2D eigenvalue weighted by Crippen LogP contribution is -2.43. The molecular weight excluding hydrogens is 112 g/mol. The lowest BCUT2D eigenvalue weighted by molar-refractivity contribution is 0.143. The molecule has 0 saturated carbocycles. The summed E-state index contributed by atoms with van der Waals surface area (Å²) in [6.07, 6.45) is 1.34. The van der Waals surface area contributed by atoms with Gasteiger partial charge in [-0.3, -0.25) is 5.84 Å². The van der Waals surface area contributed by atoms with Crippen LogP contribution >= 0.6 is 0 Å². The first-order valence-corrected chi connectivity index (χ1v) is 3.68. The summed E-state index contributed by atoms with van der Waals surface area (Å²) in [6.45, 7) is 6.67. The summed E-state index contributed by atoms with van der Waals surface area (Å²) in [4.78, 5) is 0. The first kappa shape index (κ1) is 7.03. The Labute approximate surface area is 57.0 Å². The Morgan fingerprint density at radius 1 is 1.22 bits per heavy atom. The van der Waals surface area contributed by atoms with Crippen LogP contribution in [0.3, 0.4) is 0 Å². The summed E-state index contributed by atoms with van der Waals surface area (Å²) < 4.78 is 0. The van der Waals surface area contributed by atoms with Gasteiger partial charge in [-0.15, -0.1) is 0 Å². The Bertz CT molecular complexity index is 67.9. The van der Waals surface area contributed by atoms with Gasteiger partial charge in [0.15, 0.2) is 0 Å². The fourth-order valence-corrected chi connectivity index (χ4v) is 1.71. The number of hydrazine groups is 1. The van der Waals surface area contributed by atoms with Gasteiger partial charge >= 0.3 is 0 Å². The topological polar surface area (TPSA) is 29.3 Å². The third-order valence-electron chi connectivity index (χ3n) is 1.90. The van der Waals surface area contributed by atoms with Crippen LogP contribution in [0.4, 0.5) is 0 Å². The highest BCUT2D eigenvalue weighted by molar-refractivity contribution is 4.70. The highest BCUT2D eigenvalue weighted by atomic mass is 15.4. The second-order valence-corrected chi connectivity index (χ2v) is 3.40. The van der Waals surface area contributed by atoms with Crippen molar-refractivity contribution in [1.29, 1.82) is 0 Å². The molecule has 0 aromatic carbocycles. The Morgan fingerprint density at radius 3 is 2.00 bits per heavy atom. The molecule has 0 amide bonds. The van der Waals surface area contributed by atoms with E-state index in [1.54, 1.807) is 0 Å². The quantitative estimate of drug-likeness (QED) is 0.490. The van der Waals surface area contributed by atoms with E-state index in [4.69, 9.17) is 5.84 Å². The predicted octanol–water partition coefficient (Wildman–Crippen LogP) is 0.838. The zero-order valence-corrected chi connectivity index (χ0v) is 6.30. The van der Waals surface area contributed by atoms with Crippen molar-refractivity contribution in [3.05, 3.63) is 0 Å². The first-order valence-electron chi connectivity index (χ1n) is 3.68. The van der Waals surface area contributed by atoms with Crippen LogP contribution in [0.25, 0.3) is 0 Å². The Hall–Kier alpha value is -0.0800. The van der Waals surface area contributed by atoms with Crippen LogP contribution in [-0.4, -0.2) is 18.1 Å². The van der Waals surface area contributed by atoms with E-state index in [0.717, 1.165) is 24.9 Å². The zero-order valence-electron chi connectivity index (χ0n) is 6.30. The molecule has 2 heteroatoms. The largest absolute Gasteiger partial charge is 0.269 e. The van der Waals surface area contributed by atoms with E-state index < -0.39 is 0 Å². The van der Waals surface area contributed by atoms with Gasteiger partial charge in [0.05, 0.1) is 0 Å². The summed E-state index contributed by atoms with van der Waals surface area (Å²) >= 11 is 0. The molecule has 0 unspecified atom stereocenters. The molecule has 0 aromatic heterocycles. The SMILES string of the molecule is C[C@@H]1C[C@@H](C)CN(N)C1. The minimum Gasteiger partial charge on any atom is -0.269 e. The second-order valence-electron chi connectivity index (χ2n) is 3.40. The van der Waals surface area contributed by atoms with Gasteiger partial charge in [-0.2, -0.15) is 0 Å². The molecular formula is C7H16N2. The number of hydrogen-bond donors (Lipinski definition) is 1. The molecule has 1 heterocycles. The van der Waals surface area contributed by atoms with Crippen molar-refractivity contribution in [1.82, 2.24) is 5.01 Å². The standard InChI is InChI=1S/C7H16N2/c1-6-3-7(2)5-9(8)4-6/h6-7H,3-5,8H2,1-2H3/t6-,7-/m1/s1. The van der Waals surface area contributed by atoms with Crippen LogP contribution in [0, 0.1) is 11.8 Å². The second kappa shape index (κ2) is 2.67. The molecule has 1 fully saturated rings. The summed E-state index contributed by atoms with van der Waals surface area (Å²) in [7, 11) is 0. The summed E-state index contributed by atoms with van der Waals surface area (Å²) in [6, 6.07) is 0. The molecule has 2 nitrogen and oxygen atoms in total. The average Bonchev–Trinajstić information content (AvgIpc) is 1.59. The number of rotatable bonds is 0. The fourth-order valence-electron chi connectivity index (χ4n) is 1.71. The van der Waals surface area contributed by atoms with E-state index in [9.17, 15) is 0 Å². The molecule has 9 heavy (non-hydrogen) atoms. The molecule has 1 aliphatic heterocycles. The molecule has 0 bridgehead atoms. The van der Waals surface area contributed by atoms with Gasteiger partial charge in [-0.1, -0.05) is 13.8 Å². The number of piperidine rings is 1. The van der Waals surface area contributed by atoms with Gasteiger partial charge in [0.1, 0.15) is 0 Å². The average molecular weight is 128 g/mol.